The lowest BCUT2D eigenvalue weighted by Gasteiger charge is -2.06. The second kappa shape index (κ2) is 7.14. The summed E-state index contributed by atoms with van der Waals surface area (Å²) in [7, 11) is 2.99. The maximum atomic E-state index is 11.4. The molecule has 0 aliphatic rings. The number of fused-ring (bicyclic) bond motifs is 1. The Bertz CT molecular complexity index is 895. The van der Waals surface area contributed by atoms with Crippen molar-refractivity contribution in [2.75, 3.05) is 20.0 Å². The van der Waals surface area contributed by atoms with Crippen molar-refractivity contribution in [2.45, 2.75) is 11.9 Å². The Morgan fingerprint density at radius 3 is 2.88 bits per heavy atom. The van der Waals surface area contributed by atoms with E-state index in [1.165, 1.54) is 18.9 Å². The van der Waals surface area contributed by atoms with Crippen molar-refractivity contribution in [1.29, 1.82) is 0 Å². The van der Waals surface area contributed by atoms with Crippen molar-refractivity contribution in [1.82, 2.24) is 15.2 Å². The number of benzene rings is 1. The molecule has 0 aliphatic heterocycles. The summed E-state index contributed by atoms with van der Waals surface area (Å²) in [6, 6.07) is 7.67. The summed E-state index contributed by atoms with van der Waals surface area (Å²) in [5.41, 5.74) is 2.44. The highest BCUT2D eigenvalue weighted by Gasteiger charge is 2.17. The molecule has 8 heteroatoms. The predicted molar refractivity (Wildman–Crippen MR) is 94.7 cm³/mol. The summed E-state index contributed by atoms with van der Waals surface area (Å²) >= 11 is 2.84. The van der Waals surface area contributed by atoms with Crippen LogP contribution in [0.2, 0.25) is 0 Å². The van der Waals surface area contributed by atoms with E-state index in [-0.39, 0.29) is 11.7 Å². The van der Waals surface area contributed by atoms with Crippen LogP contribution in [0.3, 0.4) is 0 Å². The van der Waals surface area contributed by atoms with Gasteiger partial charge in [0.1, 0.15) is 22.0 Å². The van der Waals surface area contributed by atoms with Crippen LogP contribution in [0.15, 0.2) is 29.3 Å². The van der Waals surface area contributed by atoms with Crippen LogP contribution >= 0.6 is 23.1 Å². The largest absolute Gasteiger partial charge is 0.497 e. The number of nitrogens with zero attached hydrogens (tertiary/aromatic N) is 3. The van der Waals surface area contributed by atoms with Gasteiger partial charge in [0.2, 0.25) is 0 Å². The number of hydrogen-bond donors (Lipinski definition) is 0. The molecule has 0 saturated carbocycles. The number of ether oxygens (including phenoxy) is 2. The SMILES string of the molecule is COC(=O)CSc1nnc(-c2cccc(OC)c2)c2sc(C)nc12. The summed E-state index contributed by atoms with van der Waals surface area (Å²) in [6.07, 6.45) is 0. The topological polar surface area (TPSA) is 74.2 Å². The highest BCUT2D eigenvalue weighted by Crippen LogP contribution is 2.36. The van der Waals surface area contributed by atoms with Crippen LogP contribution in [-0.2, 0) is 9.53 Å². The van der Waals surface area contributed by atoms with Crippen LogP contribution in [0.4, 0.5) is 0 Å². The van der Waals surface area contributed by atoms with E-state index in [9.17, 15) is 4.79 Å². The number of hydrogen-bond acceptors (Lipinski definition) is 8. The average molecular weight is 361 g/mol. The van der Waals surface area contributed by atoms with Gasteiger partial charge in [-0.05, 0) is 19.1 Å². The Kier molecular flexibility index (Phi) is 4.96. The molecule has 0 N–H and O–H groups in total. The molecule has 0 fully saturated rings. The first-order valence-corrected chi connectivity index (χ1v) is 8.90. The van der Waals surface area contributed by atoms with E-state index >= 15 is 0 Å². The van der Waals surface area contributed by atoms with E-state index in [1.54, 1.807) is 18.4 Å². The molecule has 3 rings (SSSR count). The zero-order valence-electron chi connectivity index (χ0n) is 13.4. The Hall–Kier alpha value is -2.19. The number of rotatable bonds is 5. The van der Waals surface area contributed by atoms with Gasteiger partial charge in [-0.1, -0.05) is 23.9 Å². The molecule has 0 amide bonds. The van der Waals surface area contributed by atoms with Gasteiger partial charge in [0, 0.05) is 5.56 Å². The molecular weight excluding hydrogens is 346 g/mol. The van der Waals surface area contributed by atoms with Crippen molar-refractivity contribution in [3.05, 3.63) is 29.3 Å². The number of aryl methyl sites for hydroxylation is 1. The van der Waals surface area contributed by atoms with Crippen molar-refractivity contribution >= 4 is 39.3 Å². The van der Waals surface area contributed by atoms with Crippen molar-refractivity contribution in [3.63, 3.8) is 0 Å². The zero-order chi connectivity index (χ0) is 17.1. The number of thioether (sulfide) groups is 1. The Balaban J connectivity index is 2.06. The molecule has 6 nitrogen and oxygen atoms in total. The minimum Gasteiger partial charge on any atom is -0.497 e. The summed E-state index contributed by atoms with van der Waals surface area (Å²) in [5, 5.41) is 10.2. The maximum absolute atomic E-state index is 11.4. The number of esters is 1. The molecule has 24 heavy (non-hydrogen) atoms. The fraction of sp³-hybridized carbons (Fsp3) is 0.250. The summed E-state index contributed by atoms with van der Waals surface area (Å²) in [5.74, 6) is 0.627. The van der Waals surface area contributed by atoms with E-state index in [4.69, 9.17) is 4.74 Å². The number of thiazole rings is 1. The van der Waals surface area contributed by atoms with Gasteiger partial charge in [0.05, 0.1) is 29.7 Å². The molecule has 1 aromatic carbocycles. The van der Waals surface area contributed by atoms with Gasteiger partial charge < -0.3 is 9.47 Å². The first kappa shape index (κ1) is 16.7. The highest BCUT2D eigenvalue weighted by molar-refractivity contribution is 8.00. The van der Waals surface area contributed by atoms with Gasteiger partial charge in [0.15, 0.2) is 0 Å². The fourth-order valence-electron chi connectivity index (χ4n) is 2.16. The van der Waals surface area contributed by atoms with E-state index in [0.29, 0.717) is 5.03 Å². The normalized spacial score (nSPS) is 10.8. The number of carbonyl (C=O) groups is 1. The van der Waals surface area contributed by atoms with E-state index in [0.717, 1.165) is 32.2 Å². The van der Waals surface area contributed by atoms with Gasteiger partial charge in [-0.15, -0.1) is 21.5 Å². The predicted octanol–water partition coefficient (Wildman–Crippen LogP) is 3.34. The monoisotopic (exact) mass is 361 g/mol. The lowest BCUT2D eigenvalue weighted by Crippen LogP contribution is -2.04. The molecule has 0 unspecified atom stereocenters. The fourth-order valence-corrected chi connectivity index (χ4v) is 3.91. The second-order valence-electron chi connectivity index (χ2n) is 4.86. The van der Waals surface area contributed by atoms with Crippen LogP contribution in [0.25, 0.3) is 21.5 Å². The molecule has 0 saturated heterocycles. The third-order valence-corrected chi connectivity index (χ3v) is 5.20. The standard InChI is InChI=1S/C16H15N3O3S2/c1-9-17-14-15(24-9)13(10-5-4-6-11(7-10)21-2)18-19-16(14)23-8-12(20)22-3/h4-7H,8H2,1-3H3. The quantitative estimate of drug-likeness (QED) is 0.510. The van der Waals surface area contributed by atoms with Gasteiger partial charge in [-0.2, -0.15) is 0 Å². The molecule has 0 bridgehead atoms. The van der Waals surface area contributed by atoms with Crippen molar-refractivity contribution in [2.24, 2.45) is 0 Å². The lowest BCUT2D eigenvalue weighted by atomic mass is 10.1. The minimum absolute atomic E-state index is 0.176. The smallest absolute Gasteiger partial charge is 0.316 e. The number of aromatic nitrogens is 3. The lowest BCUT2D eigenvalue weighted by molar-refractivity contribution is -0.137. The van der Waals surface area contributed by atoms with Crippen LogP contribution in [-0.4, -0.2) is 41.1 Å². The van der Waals surface area contributed by atoms with Crippen molar-refractivity contribution < 1.29 is 14.3 Å². The van der Waals surface area contributed by atoms with Crippen LogP contribution in [0, 0.1) is 6.92 Å². The zero-order valence-corrected chi connectivity index (χ0v) is 15.0. The number of methoxy groups -OCH3 is 2. The molecule has 0 atom stereocenters. The van der Waals surface area contributed by atoms with Gasteiger partial charge in [-0.25, -0.2) is 4.98 Å². The van der Waals surface area contributed by atoms with E-state index in [2.05, 4.69) is 19.9 Å². The van der Waals surface area contributed by atoms with Crippen LogP contribution < -0.4 is 4.74 Å². The average Bonchev–Trinajstić information content (AvgIpc) is 3.00. The summed E-state index contributed by atoms with van der Waals surface area (Å²) in [6.45, 7) is 1.94. The Morgan fingerprint density at radius 1 is 1.29 bits per heavy atom. The Labute approximate surface area is 147 Å². The summed E-state index contributed by atoms with van der Waals surface area (Å²) < 4.78 is 10.9. The molecule has 0 spiro atoms. The van der Waals surface area contributed by atoms with Crippen LogP contribution in [0.5, 0.6) is 5.75 Å². The highest BCUT2D eigenvalue weighted by atomic mass is 32.2. The molecular formula is C16H15N3O3S2. The van der Waals surface area contributed by atoms with E-state index < -0.39 is 0 Å². The molecule has 0 radical (unpaired) electrons. The first-order chi connectivity index (χ1) is 11.6. The molecule has 2 heterocycles. The Morgan fingerprint density at radius 2 is 2.12 bits per heavy atom. The number of carbonyl (C=O) groups excluding carboxylic acids is 1. The van der Waals surface area contributed by atoms with Gasteiger partial charge in [0.25, 0.3) is 0 Å². The minimum atomic E-state index is -0.307. The van der Waals surface area contributed by atoms with Gasteiger partial charge in [-0.3, -0.25) is 4.79 Å². The third-order valence-electron chi connectivity index (χ3n) is 3.29. The first-order valence-electron chi connectivity index (χ1n) is 7.10. The molecule has 2 aromatic heterocycles. The van der Waals surface area contributed by atoms with Gasteiger partial charge >= 0.3 is 5.97 Å². The third kappa shape index (κ3) is 3.34. The maximum Gasteiger partial charge on any atom is 0.316 e. The summed E-state index contributed by atoms with van der Waals surface area (Å²) in [4.78, 5) is 15.9. The molecule has 0 aliphatic carbocycles. The second-order valence-corrected chi connectivity index (χ2v) is 7.03. The van der Waals surface area contributed by atoms with Crippen LogP contribution in [0.1, 0.15) is 5.01 Å². The van der Waals surface area contributed by atoms with E-state index in [1.807, 2.05) is 31.2 Å². The van der Waals surface area contributed by atoms with Crippen molar-refractivity contribution in [3.8, 4) is 17.0 Å². The molecule has 124 valence electrons. The molecule has 3 aromatic rings.